The number of amides is 1. The number of nitrogens with zero attached hydrogens (tertiary/aromatic N) is 1. The molecule has 2 aromatic rings. The van der Waals surface area contributed by atoms with Crippen LogP contribution in [-0.4, -0.2) is 38.5 Å². The molecule has 2 heterocycles. The van der Waals surface area contributed by atoms with Crippen LogP contribution in [-0.2, 0) is 6.42 Å². The molecule has 0 saturated carbocycles. The van der Waals surface area contributed by atoms with Gasteiger partial charge in [0.05, 0.1) is 6.26 Å². The molecule has 0 aromatic carbocycles. The van der Waals surface area contributed by atoms with Crippen LogP contribution in [0.25, 0.3) is 0 Å². The Morgan fingerprint density at radius 3 is 2.68 bits per heavy atom. The monoisotopic (exact) mass is 320 g/mol. The molecule has 3 N–H and O–H groups in total. The molecule has 0 fully saturated rings. The third-order valence-electron chi connectivity index (χ3n) is 2.92. The zero-order valence-electron chi connectivity index (χ0n) is 12.5. The molecule has 6 nitrogen and oxygen atoms in total. The molecule has 0 unspecified atom stereocenters. The lowest BCUT2D eigenvalue weighted by atomic mass is 10.3. The van der Waals surface area contributed by atoms with Crippen LogP contribution in [0.2, 0.25) is 0 Å². The first-order valence-electron chi connectivity index (χ1n) is 7.08. The predicted molar refractivity (Wildman–Crippen MR) is 88.4 cm³/mol. The Labute approximate surface area is 133 Å². The van der Waals surface area contributed by atoms with Gasteiger partial charge in [-0.2, -0.15) is 0 Å². The van der Waals surface area contributed by atoms with E-state index >= 15 is 0 Å². The number of nitrogens with one attached hydrogen (secondary N) is 3. The van der Waals surface area contributed by atoms with E-state index in [4.69, 9.17) is 4.42 Å². The number of hydrogen-bond donors (Lipinski definition) is 3. The molecule has 2 aromatic heterocycles. The van der Waals surface area contributed by atoms with Crippen molar-refractivity contribution in [2.45, 2.75) is 6.42 Å². The van der Waals surface area contributed by atoms with Crippen molar-refractivity contribution < 1.29 is 9.21 Å². The summed E-state index contributed by atoms with van der Waals surface area (Å²) in [5.41, 5.74) is 0. The van der Waals surface area contributed by atoms with Gasteiger partial charge in [0.2, 0.25) is 0 Å². The van der Waals surface area contributed by atoms with Crippen molar-refractivity contribution in [1.29, 1.82) is 0 Å². The first kappa shape index (κ1) is 16.1. The van der Waals surface area contributed by atoms with E-state index in [9.17, 15) is 4.79 Å². The average Bonchev–Trinajstić information content (AvgIpc) is 3.22. The van der Waals surface area contributed by atoms with Crippen molar-refractivity contribution >= 4 is 23.2 Å². The van der Waals surface area contributed by atoms with E-state index in [2.05, 4.69) is 38.5 Å². The summed E-state index contributed by atoms with van der Waals surface area (Å²) in [6, 6.07) is 7.49. The molecule has 2 rings (SSSR count). The number of thiophene rings is 1. The number of furan rings is 1. The van der Waals surface area contributed by atoms with E-state index < -0.39 is 0 Å². The molecule has 0 bridgehead atoms. The highest BCUT2D eigenvalue weighted by Gasteiger charge is 2.06. The van der Waals surface area contributed by atoms with Crippen LogP contribution in [0, 0.1) is 0 Å². The normalized spacial score (nSPS) is 11.2. The van der Waals surface area contributed by atoms with Gasteiger partial charge in [0, 0.05) is 31.6 Å². The maximum atomic E-state index is 11.6. The highest BCUT2D eigenvalue weighted by atomic mass is 32.1. The Morgan fingerprint density at radius 2 is 2.00 bits per heavy atom. The zero-order valence-corrected chi connectivity index (χ0v) is 13.3. The molecular weight excluding hydrogens is 300 g/mol. The summed E-state index contributed by atoms with van der Waals surface area (Å²) in [5, 5.41) is 11.2. The largest absolute Gasteiger partial charge is 0.459 e. The second kappa shape index (κ2) is 8.89. The summed E-state index contributed by atoms with van der Waals surface area (Å²) < 4.78 is 5.02. The number of rotatable bonds is 7. The van der Waals surface area contributed by atoms with Gasteiger partial charge < -0.3 is 20.4 Å². The molecule has 1 amide bonds. The van der Waals surface area contributed by atoms with Crippen LogP contribution >= 0.6 is 11.3 Å². The topological polar surface area (TPSA) is 78.7 Å². The number of carbonyl (C=O) groups excluding carboxylic acids is 1. The van der Waals surface area contributed by atoms with Gasteiger partial charge in [0.1, 0.15) is 0 Å². The molecule has 0 spiro atoms. The molecule has 0 aliphatic heterocycles. The van der Waals surface area contributed by atoms with E-state index in [1.165, 1.54) is 11.1 Å². The maximum absolute atomic E-state index is 11.6. The van der Waals surface area contributed by atoms with Crippen molar-refractivity contribution in [3.05, 3.63) is 46.5 Å². The van der Waals surface area contributed by atoms with Crippen LogP contribution in [0.5, 0.6) is 0 Å². The minimum atomic E-state index is -0.215. The van der Waals surface area contributed by atoms with Crippen molar-refractivity contribution in [3.63, 3.8) is 0 Å². The molecular formula is C15H20N4O2S. The molecule has 0 aliphatic carbocycles. The summed E-state index contributed by atoms with van der Waals surface area (Å²) in [6.07, 6.45) is 2.44. The lowest BCUT2D eigenvalue weighted by Crippen LogP contribution is -2.42. The molecule has 0 saturated heterocycles. The SMILES string of the molecule is CN=C(NCCNC(=O)c1ccco1)NCCc1cccs1. The third kappa shape index (κ3) is 5.25. The minimum absolute atomic E-state index is 0.215. The van der Waals surface area contributed by atoms with Crippen molar-refractivity contribution in [2.75, 3.05) is 26.7 Å². The summed E-state index contributed by atoms with van der Waals surface area (Å²) in [6.45, 7) is 1.90. The first-order chi connectivity index (χ1) is 10.8. The van der Waals surface area contributed by atoms with Gasteiger partial charge in [-0.05, 0) is 30.0 Å². The Bertz CT molecular complexity index is 579. The van der Waals surface area contributed by atoms with Gasteiger partial charge in [-0.3, -0.25) is 9.79 Å². The van der Waals surface area contributed by atoms with Crippen LogP contribution in [0.4, 0.5) is 0 Å². The number of hydrogen-bond acceptors (Lipinski definition) is 4. The zero-order chi connectivity index (χ0) is 15.6. The molecule has 0 radical (unpaired) electrons. The smallest absolute Gasteiger partial charge is 0.287 e. The summed E-state index contributed by atoms with van der Waals surface area (Å²) >= 11 is 1.75. The van der Waals surface area contributed by atoms with Crippen LogP contribution in [0.15, 0.2) is 45.3 Å². The van der Waals surface area contributed by atoms with Crippen LogP contribution < -0.4 is 16.0 Å². The predicted octanol–water partition coefficient (Wildman–Crippen LogP) is 1.48. The van der Waals surface area contributed by atoms with Gasteiger partial charge in [0.15, 0.2) is 11.7 Å². The maximum Gasteiger partial charge on any atom is 0.287 e. The second-order valence-corrected chi connectivity index (χ2v) is 5.52. The first-order valence-corrected chi connectivity index (χ1v) is 7.96. The van der Waals surface area contributed by atoms with E-state index in [1.54, 1.807) is 30.5 Å². The highest BCUT2D eigenvalue weighted by molar-refractivity contribution is 7.09. The van der Waals surface area contributed by atoms with Crippen molar-refractivity contribution in [2.24, 2.45) is 4.99 Å². The lowest BCUT2D eigenvalue weighted by Gasteiger charge is -2.11. The minimum Gasteiger partial charge on any atom is -0.459 e. The number of guanidine groups is 1. The Balaban J connectivity index is 1.59. The molecule has 0 atom stereocenters. The average molecular weight is 320 g/mol. The number of aliphatic imine (C=N–C) groups is 1. The van der Waals surface area contributed by atoms with Crippen molar-refractivity contribution in [1.82, 2.24) is 16.0 Å². The Morgan fingerprint density at radius 1 is 1.18 bits per heavy atom. The second-order valence-electron chi connectivity index (χ2n) is 4.49. The summed E-state index contributed by atoms with van der Waals surface area (Å²) in [4.78, 5) is 17.1. The highest BCUT2D eigenvalue weighted by Crippen LogP contribution is 2.07. The fourth-order valence-electron chi connectivity index (χ4n) is 1.83. The third-order valence-corrected chi connectivity index (χ3v) is 3.85. The number of carbonyl (C=O) groups is 1. The molecule has 118 valence electrons. The fourth-order valence-corrected chi connectivity index (χ4v) is 2.54. The summed E-state index contributed by atoms with van der Waals surface area (Å²) in [7, 11) is 1.72. The fraction of sp³-hybridized carbons (Fsp3) is 0.333. The van der Waals surface area contributed by atoms with Gasteiger partial charge in [0.25, 0.3) is 5.91 Å². The van der Waals surface area contributed by atoms with Gasteiger partial charge in [-0.1, -0.05) is 6.07 Å². The lowest BCUT2D eigenvalue weighted by molar-refractivity contribution is 0.0926. The molecule has 7 heteroatoms. The quantitative estimate of drug-likeness (QED) is 0.410. The summed E-state index contributed by atoms with van der Waals surface area (Å²) in [5.74, 6) is 0.828. The standard InChI is InChI=1S/C15H20N4O2S/c1-16-15(18-7-6-12-4-3-11-22-12)19-9-8-17-14(20)13-5-2-10-21-13/h2-5,10-11H,6-9H2,1H3,(H,17,20)(H2,16,18,19). The van der Waals surface area contributed by atoms with Gasteiger partial charge >= 0.3 is 0 Å². The molecule has 0 aliphatic rings. The van der Waals surface area contributed by atoms with Gasteiger partial charge in [-0.25, -0.2) is 0 Å². The molecule has 22 heavy (non-hydrogen) atoms. The van der Waals surface area contributed by atoms with Crippen LogP contribution in [0.3, 0.4) is 0 Å². The van der Waals surface area contributed by atoms with E-state index in [-0.39, 0.29) is 5.91 Å². The van der Waals surface area contributed by atoms with Gasteiger partial charge in [-0.15, -0.1) is 11.3 Å². The Kier molecular flexibility index (Phi) is 6.50. The van der Waals surface area contributed by atoms with E-state index in [0.717, 1.165) is 18.9 Å². The Hall–Kier alpha value is -2.28. The van der Waals surface area contributed by atoms with E-state index in [0.29, 0.717) is 18.8 Å². The van der Waals surface area contributed by atoms with E-state index in [1.807, 2.05) is 0 Å². The van der Waals surface area contributed by atoms with Crippen molar-refractivity contribution in [3.8, 4) is 0 Å². The van der Waals surface area contributed by atoms with Crippen LogP contribution in [0.1, 0.15) is 15.4 Å².